The summed E-state index contributed by atoms with van der Waals surface area (Å²) in [6.07, 6.45) is 0. The van der Waals surface area contributed by atoms with Gasteiger partial charge in [0, 0.05) is 48.4 Å². The monoisotopic (exact) mass is 831 g/mol. The van der Waals surface area contributed by atoms with E-state index in [2.05, 4.69) is 223 Å². The number of anilines is 3. The second kappa shape index (κ2) is 13.5. The van der Waals surface area contributed by atoms with E-state index in [1.54, 1.807) is 0 Å². The van der Waals surface area contributed by atoms with Crippen LogP contribution in [-0.4, -0.2) is 0 Å². The van der Waals surface area contributed by atoms with Gasteiger partial charge >= 0.3 is 0 Å². The fourth-order valence-corrected chi connectivity index (χ4v) is 12.4. The minimum atomic E-state index is -0.593. The molecule has 0 saturated heterocycles. The quantitative estimate of drug-likeness (QED) is 0.176. The Bertz CT molecular complexity index is 3730. The molecule has 2 nitrogen and oxygen atoms in total. The van der Waals surface area contributed by atoms with Crippen molar-refractivity contribution in [1.29, 1.82) is 0 Å². The van der Waals surface area contributed by atoms with Crippen molar-refractivity contribution >= 4 is 48.6 Å². The molecule has 14 rings (SSSR count). The van der Waals surface area contributed by atoms with Gasteiger partial charge in [-0.05, 0) is 133 Å². The maximum absolute atomic E-state index is 6.73. The Morgan fingerprint density at radius 1 is 0.297 bits per heavy atom. The molecule has 0 bridgehead atoms. The van der Waals surface area contributed by atoms with Gasteiger partial charge < -0.3 is 9.64 Å². The number of nitrogens with zero attached hydrogens (tertiary/aromatic N) is 1. The predicted octanol–water partition coefficient (Wildman–Crippen LogP) is 17.0. The highest BCUT2D eigenvalue weighted by atomic mass is 32.1. The predicted molar refractivity (Wildman–Crippen MR) is 267 cm³/mol. The highest BCUT2D eigenvalue weighted by Gasteiger charge is 2.50. The zero-order valence-electron chi connectivity index (χ0n) is 34.6. The van der Waals surface area contributed by atoms with Gasteiger partial charge in [0.1, 0.15) is 11.5 Å². The molecule has 3 aliphatic rings. The molecule has 1 aromatic heterocycles. The molecule has 1 spiro atoms. The first-order chi connectivity index (χ1) is 31.7. The number of hydrogen-bond donors (Lipinski definition) is 0. The lowest BCUT2D eigenvalue weighted by atomic mass is 9.65. The molecule has 2 aliphatic carbocycles. The molecule has 0 radical (unpaired) electrons. The summed E-state index contributed by atoms with van der Waals surface area (Å²) in [5, 5.41) is 2.63. The zero-order valence-corrected chi connectivity index (χ0v) is 35.4. The largest absolute Gasteiger partial charge is 0.456 e. The van der Waals surface area contributed by atoms with Crippen molar-refractivity contribution in [2.45, 2.75) is 5.41 Å². The third-order valence-corrected chi connectivity index (χ3v) is 15.0. The van der Waals surface area contributed by atoms with Crippen LogP contribution in [0.25, 0.3) is 75.8 Å². The number of benzene rings is 10. The van der Waals surface area contributed by atoms with Crippen molar-refractivity contribution in [2.75, 3.05) is 4.90 Å². The molecule has 64 heavy (non-hydrogen) atoms. The van der Waals surface area contributed by atoms with Gasteiger partial charge in [0.15, 0.2) is 0 Å². The molecule has 1 unspecified atom stereocenters. The van der Waals surface area contributed by atoms with Crippen molar-refractivity contribution < 1.29 is 4.74 Å². The lowest BCUT2D eigenvalue weighted by Crippen LogP contribution is -2.29. The Kier molecular flexibility index (Phi) is 7.51. The summed E-state index contributed by atoms with van der Waals surface area (Å²) in [5.74, 6) is 1.71. The normalized spacial score (nSPS) is 14.8. The van der Waals surface area contributed by atoms with E-state index in [1.165, 1.54) is 75.8 Å². The molecule has 1 aliphatic heterocycles. The summed E-state index contributed by atoms with van der Waals surface area (Å²) in [6, 6.07) is 83.0. The molecular weight excluding hydrogens is 795 g/mol. The topological polar surface area (TPSA) is 12.5 Å². The number of hydrogen-bond acceptors (Lipinski definition) is 3. The van der Waals surface area contributed by atoms with Gasteiger partial charge in [-0.15, -0.1) is 11.3 Å². The van der Waals surface area contributed by atoms with Crippen LogP contribution in [0.2, 0.25) is 0 Å². The second-order valence-electron chi connectivity index (χ2n) is 17.1. The molecule has 1 atom stereocenters. The smallest absolute Gasteiger partial charge is 0.135 e. The van der Waals surface area contributed by atoms with E-state index in [1.807, 2.05) is 17.4 Å². The van der Waals surface area contributed by atoms with Crippen LogP contribution >= 0.6 is 11.3 Å². The number of thiophene rings is 1. The molecule has 0 fully saturated rings. The lowest BCUT2D eigenvalue weighted by molar-refractivity contribution is 0.488. The minimum Gasteiger partial charge on any atom is -0.456 e. The first-order valence-corrected chi connectivity index (χ1v) is 22.8. The highest BCUT2D eigenvalue weighted by Crippen LogP contribution is 2.63. The molecule has 298 valence electrons. The molecule has 0 N–H and O–H groups in total. The van der Waals surface area contributed by atoms with Gasteiger partial charge in [-0.3, -0.25) is 0 Å². The van der Waals surface area contributed by atoms with Gasteiger partial charge in [0.05, 0.1) is 5.41 Å². The van der Waals surface area contributed by atoms with Gasteiger partial charge in [-0.25, -0.2) is 0 Å². The van der Waals surface area contributed by atoms with Gasteiger partial charge in [0.2, 0.25) is 0 Å². The highest BCUT2D eigenvalue weighted by molar-refractivity contribution is 7.25. The van der Waals surface area contributed by atoms with Crippen molar-refractivity contribution in [2.24, 2.45) is 0 Å². The fraction of sp³-hybridized carbons (Fsp3) is 0.0164. The zero-order chi connectivity index (χ0) is 41.9. The summed E-state index contributed by atoms with van der Waals surface area (Å²) < 4.78 is 9.37. The molecule has 11 aromatic rings. The van der Waals surface area contributed by atoms with E-state index in [4.69, 9.17) is 4.74 Å². The summed E-state index contributed by atoms with van der Waals surface area (Å²) in [7, 11) is 0. The average molecular weight is 832 g/mol. The van der Waals surface area contributed by atoms with Crippen LogP contribution in [0.15, 0.2) is 224 Å². The Labute approximate surface area is 375 Å². The van der Waals surface area contributed by atoms with Crippen molar-refractivity contribution in [3.63, 3.8) is 0 Å². The fourth-order valence-electron chi connectivity index (χ4n) is 11.3. The lowest BCUT2D eigenvalue weighted by Gasteiger charge is -2.36. The number of para-hydroxylation sites is 2. The van der Waals surface area contributed by atoms with Crippen LogP contribution in [-0.2, 0) is 5.41 Å². The van der Waals surface area contributed by atoms with Gasteiger partial charge in [-0.1, -0.05) is 158 Å². The number of rotatable bonds is 3. The van der Waals surface area contributed by atoms with E-state index in [0.717, 1.165) is 50.8 Å². The minimum absolute atomic E-state index is 0.593. The number of ether oxygens (including phenoxy) is 1. The van der Waals surface area contributed by atoms with Crippen LogP contribution in [0.4, 0.5) is 17.1 Å². The Balaban J connectivity index is 1.05. The van der Waals surface area contributed by atoms with Gasteiger partial charge in [-0.2, -0.15) is 0 Å². The SMILES string of the molecule is c1ccc(N(c2ccc3c(c2)-c2ccccc2-c2ccccc2O3)c2ccc3c(c2)-c2ccccc2-c2ccccc2C32c3ccccc3-c3cc4sc5ccccc5c4cc32)cc1. The second-order valence-corrected chi connectivity index (χ2v) is 18.2. The van der Waals surface area contributed by atoms with Crippen LogP contribution in [0.3, 0.4) is 0 Å². The van der Waals surface area contributed by atoms with E-state index in [-0.39, 0.29) is 0 Å². The van der Waals surface area contributed by atoms with Crippen LogP contribution in [0.5, 0.6) is 11.5 Å². The van der Waals surface area contributed by atoms with Crippen LogP contribution < -0.4 is 9.64 Å². The standard InChI is InChI=1S/C61H37NOS/c1-2-16-38(17-3-1)62(40-31-33-58-51(35-40)44-21-7-5-19-42(44)47-24-10-14-28-57(47)63-58)39-30-32-55-49(34-39)43-20-6-4-18-41(43)45-22-8-12-26-53(45)61(55)54-27-13-9-23-46(54)50-37-60-52(36-56(50)61)48-25-11-15-29-59(48)64-60/h1-37H. The van der Waals surface area contributed by atoms with Crippen molar-refractivity contribution in [3.05, 3.63) is 247 Å². The summed E-state index contributed by atoms with van der Waals surface area (Å²) in [5.41, 5.74) is 19.9. The Morgan fingerprint density at radius 2 is 0.797 bits per heavy atom. The van der Waals surface area contributed by atoms with Gasteiger partial charge in [0.25, 0.3) is 0 Å². The third-order valence-electron chi connectivity index (χ3n) is 13.9. The van der Waals surface area contributed by atoms with E-state index < -0.39 is 5.41 Å². The van der Waals surface area contributed by atoms with Crippen LogP contribution in [0, 0.1) is 0 Å². The van der Waals surface area contributed by atoms with E-state index in [0.29, 0.717) is 0 Å². The molecule has 0 amide bonds. The molecule has 10 aromatic carbocycles. The summed E-state index contributed by atoms with van der Waals surface area (Å²) in [4.78, 5) is 2.41. The first-order valence-electron chi connectivity index (χ1n) is 22.0. The molecule has 0 saturated carbocycles. The Hall–Kier alpha value is -7.98. The molecule has 3 heteroatoms. The molecular formula is C61H37NOS. The van der Waals surface area contributed by atoms with Crippen molar-refractivity contribution in [1.82, 2.24) is 0 Å². The average Bonchev–Trinajstić information content (AvgIpc) is 3.78. The Morgan fingerprint density at radius 3 is 1.55 bits per heavy atom. The maximum Gasteiger partial charge on any atom is 0.135 e. The first kappa shape index (κ1) is 35.6. The van der Waals surface area contributed by atoms with E-state index >= 15 is 0 Å². The third kappa shape index (κ3) is 4.90. The van der Waals surface area contributed by atoms with Crippen molar-refractivity contribution in [3.8, 4) is 67.1 Å². The van der Waals surface area contributed by atoms with E-state index in [9.17, 15) is 0 Å². The molecule has 2 heterocycles. The maximum atomic E-state index is 6.73. The van der Waals surface area contributed by atoms with Crippen LogP contribution in [0.1, 0.15) is 22.3 Å². The number of fused-ring (bicyclic) bond motifs is 20. The summed E-state index contributed by atoms with van der Waals surface area (Å²) in [6.45, 7) is 0. The summed E-state index contributed by atoms with van der Waals surface area (Å²) >= 11 is 1.89.